The van der Waals surface area contributed by atoms with Crippen molar-refractivity contribution < 1.29 is 28.6 Å². The molecule has 1 aromatic carbocycles. The van der Waals surface area contributed by atoms with E-state index >= 15 is 4.39 Å². The molecule has 2 aliphatic carbocycles. The van der Waals surface area contributed by atoms with Gasteiger partial charge in [0, 0.05) is 43.2 Å². The monoisotopic (exact) mass is 627 g/mol. The van der Waals surface area contributed by atoms with Gasteiger partial charge in [0.05, 0.1) is 23.1 Å². The molecule has 3 atom stereocenters. The number of fused-ring (bicyclic) bond motifs is 2. The Morgan fingerprint density at radius 2 is 2.00 bits per heavy atom. The third kappa shape index (κ3) is 4.95. The first-order valence-electron chi connectivity index (χ1n) is 16.0. The second kappa shape index (κ2) is 11.0. The van der Waals surface area contributed by atoms with Crippen LogP contribution in [0.5, 0.6) is 5.75 Å². The van der Waals surface area contributed by atoms with Gasteiger partial charge in [-0.25, -0.2) is 9.07 Å². The summed E-state index contributed by atoms with van der Waals surface area (Å²) >= 11 is 6.65. The molecule has 2 aromatic rings. The van der Waals surface area contributed by atoms with Gasteiger partial charge < -0.3 is 19.6 Å². The average molecular weight is 628 g/mol. The molecule has 236 valence electrons. The van der Waals surface area contributed by atoms with E-state index in [4.69, 9.17) is 16.3 Å². The highest BCUT2D eigenvalue weighted by atomic mass is 35.5. The van der Waals surface area contributed by atoms with E-state index in [1.165, 1.54) is 6.07 Å². The molecule has 0 unspecified atom stereocenters. The van der Waals surface area contributed by atoms with Crippen LogP contribution in [-0.2, 0) is 40.4 Å². The lowest BCUT2D eigenvalue weighted by Crippen LogP contribution is -2.51. The van der Waals surface area contributed by atoms with E-state index in [-0.39, 0.29) is 34.6 Å². The molecule has 1 saturated heterocycles. The molecule has 44 heavy (non-hydrogen) atoms. The fourth-order valence-corrected chi connectivity index (χ4v) is 8.44. The molecule has 2 amide bonds. The number of benzene rings is 1. The Morgan fingerprint density at radius 1 is 1.18 bits per heavy atom. The summed E-state index contributed by atoms with van der Waals surface area (Å²) in [5.74, 6) is -2.40. The van der Waals surface area contributed by atoms with Gasteiger partial charge in [0.25, 0.3) is 0 Å². The topological polar surface area (TPSA) is 118 Å². The highest BCUT2D eigenvalue weighted by molar-refractivity contribution is 6.31. The van der Waals surface area contributed by atoms with Crippen molar-refractivity contribution in [2.75, 3.05) is 19.6 Å². The first kappa shape index (κ1) is 29.5. The molecule has 10 nitrogen and oxygen atoms in total. The van der Waals surface area contributed by atoms with Crippen molar-refractivity contribution in [1.29, 1.82) is 0 Å². The van der Waals surface area contributed by atoms with Crippen LogP contribution in [0.3, 0.4) is 0 Å². The van der Waals surface area contributed by atoms with Crippen LogP contribution in [0, 0.1) is 22.6 Å². The van der Waals surface area contributed by atoms with Crippen molar-refractivity contribution in [2.45, 2.75) is 96.7 Å². The summed E-state index contributed by atoms with van der Waals surface area (Å²) in [6, 6.07) is 0.632. The fourth-order valence-electron chi connectivity index (χ4n) is 8.15. The molecule has 5 aliphatic rings. The maximum absolute atomic E-state index is 15.8. The van der Waals surface area contributed by atoms with Crippen LogP contribution in [0.1, 0.15) is 93.3 Å². The molecule has 7 rings (SSSR count). The van der Waals surface area contributed by atoms with E-state index in [1.54, 1.807) is 11.8 Å². The predicted octanol–water partition coefficient (Wildman–Crippen LogP) is 4.71. The summed E-state index contributed by atoms with van der Waals surface area (Å²) in [6.45, 7) is 3.91. The Morgan fingerprint density at radius 3 is 2.75 bits per heavy atom. The average Bonchev–Trinajstić information content (AvgIpc) is 3.28. The normalized spacial score (nSPS) is 27.0. The molecule has 0 bridgehead atoms. The van der Waals surface area contributed by atoms with E-state index in [2.05, 4.69) is 10.3 Å². The molecular weight excluding hydrogens is 589 g/mol. The number of carboxylic acid groups (broad SMARTS) is 1. The number of rotatable bonds is 8. The van der Waals surface area contributed by atoms with Crippen LogP contribution in [0.25, 0.3) is 0 Å². The zero-order valence-corrected chi connectivity index (χ0v) is 25.9. The van der Waals surface area contributed by atoms with Crippen molar-refractivity contribution in [3.63, 3.8) is 0 Å². The maximum atomic E-state index is 15.8. The van der Waals surface area contributed by atoms with Gasteiger partial charge in [-0.2, -0.15) is 0 Å². The number of aryl methyl sites for hydroxylation is 1. The molecule has 0 radical (unpaired) electrons. The van der Waals surface area contributed by atoms with Gasteiger partial charge in [0.15, 0.2) is 11.6 Å². The van der Waals surface area contributed by atoms with Crippen molar-refractivity contribution in [1.82, 2.24) is 24.8 Å². The van der Waals surface area contributed by atoms with Crippen LogP contribution in [0.4, 0.5) is 4.39 Å². The summed E-state index contributed by atoms with van der Waals surface area (Å²) < 4.78 is 23.9. The van der Waals surface area contributed by atoms with E-state index in [1.807, 2.05) is 9.58 Å². The fraction of sp³-hybridized carbons (Fsp3) is 0.656. The molecule has 2 saturated carbocycles. The maximum Gasteiger partial charge on any atom is 0.310 e. The first-order chi connectivity index (χ1) is 21.1. The Labute approximate surface area is 260 Å². The van der Waals surface area contributed by atoms with E-state index in [9.17, 15) is 19.5 Å². The Balaban J connectivity index is 1.24. The largest absolute Gasteiger partial charge is 0.484 e. The van der Waals surface area contributed by atoms with Gasteiger partial charge in [-0.3, -0.25) is 14.4 Å². The summed E-state index contributed by atoms with van der Waals surface area (Å²) in [4.78, 5) is 43.4. The predicted molar refractivity (Wildman–Crippen MR) is 157 cm³/mol. The number of ether oxygens (including phenoxy) is 1. The second-order valence-electron chi connectivity index (χ2n) is 13.8. The van der Waals surface area contributed by atoms with Crippen molar-refractivity contribution in [3.8, 4) is 5.75 Å². The summed E-state index contributed by atoms with van der Waals surface area (Å²) in [7, 11) is 0. The van der Waals surface area contributed by atoms with E-state index in [0.29, 0.717) is 63.0 Å². The molecule has 1 N–H and O–H groups in total. The first-order valence-corrected chi connectivity index (χ1v) is 16.3. The van der Waals surface area contributed by atoms with Crippen LogP contribution in [0.15, 0.2) is 6.07 Å². The lowest BCUT2D eigenvalue weighted by atomic mass is 9.66. The molecule has 1 spiro atoms. The quantitative estimate of drug-likeness (QED) is 0.451. The summed E-state index contributed by atoms with van der Waals surface area (Å²) in [5.41, 5.74) is 1.78. The molecule has 4 heterocycles. The van der Waals surface area contributed by atoms with Crippen molar-refractivity contribution in [2.24, 2.45) is 16.7 Å². The molecule has 3 aliphatic heterocycles. The van der Waals surface area contributed by atoms with Crippen LogP contribution >= 0.6 is 11.6 Å². The number of carboxylic acids is 1. The van der Waals surface area contributed by atoms with Crippen LogP contribution in [0.2, 0.25) is 5.02 Å². The van der Waals surface area contributed by atoms with Gasteiger partial charge in [0.2, 0.25) is 11.8 Å². The zero-order valence-electron chi connectivity index (χ0n) is 25.1. The van der Waals surface area contributed by atoms with E-state index < -0.39 is 29.2 Å². The molecule has 12 heteroatoms. The summed E-state index contributed by atoms with van der Waals surface area (Å²) in [6.07, 6.45) is 7.63. The second-order valence-corrected chi connectivity index (χ2v) is 14.2. The van der Waals surface area contributed by atoms with Crippen LogP contribution < -0.4 is 4.74 Å². The number of aliphatic carboxylic acids is 1. The van der Waals surface area contributed by atoms with Gasteiger partial charge in [-0.1, -0.05) is 29.7 Å². The number of nitrogens with zero attached hydrogens (tertiary/aromatic N) is 5. The highest BCUT2D eigenvalue weighted by Gasteiger charge is 2.52. The lowest BCUT2D eigenvalue weighted by Gasteiger charge is -2.44. The van der Waals surface area contributed by atoms with Gasteiger partial charge in [0.1, 0.15) is 12.3 Å². The lowest BCUT2D eigenvalue weighted by molar-refractivity contribution is -0.162. The van der Waals surface area contributed by atoms with Crippen LogP contribution in [-0.4, -0.2) is 67.3 Å². The minimum absolute atomic E-state index is 0.0217. The number of hydrogen-bond donors (Lipinski definition) is 1. The number of hydrogen-bond acceptors (Lipinski definition) is 6. The standard InChI is InChI=1S/C32H39ClFN5O5/c1-31(30(42)43)9-3-2-5-20(31)29(41)38-14-7-19-21(33)15-22(34)28(44-17-23-24-6-4-12-39(24)36-35-23)27(19)25(38)8-13-37-18-32(10-11-32)16-26(37)40/h15,20,25H,2-14,16-18H2,1H3,(H,42,43)/t20-,25+,31-/m0/s1. The molecule has 1 aromatic heterocycles. The highest BCUT2D eigenvalue weighted by Crippen LogP contribution is 2.53. The third-order valence-electron chi connectivity index (χ3n) is 11.0. The zero-order chi connectivity index (χ0) is 30.8. The third-order valence-corrected chi connectivity index (χ3v) is 11.3. The van der Waals surface area contributed by atoms with Crippen molar-refractivity contribution in [3.05, 3.63) is 39.4 Å². The van der Waals surface area contributed by atoms with Gasteiger partial charge >= 0.3 is 5.97 Å². The minimum Gasteiger partial charge on any atom is -0.484 e. The van der Waals surface area contributed by atoms with Crippen molar-refractivity contribution >= 4 is 29.4 Å². The Hall–Kier alpha value is -3.21. The Bertz CT molecular complexity index is 1520. The smallest absolute Gasteiger partial charge is 0.310 e. The SMILES string of the molecule is C[C@]1(C(=O)O)CCCC[C@H]1C(=O)N1CCc2c(Cl)cc(F)c(OCc3nnn4c3CCC4)c2[C@H]1CCN1CC2(CC2)CC1=O. The van der Waals surface area contributed by atoms with Gasteiger partial charge in [-0.05, 0) is 75.3 Å². The number of halogens is 2. The molecular formula is C32H39ClFN5O5. The number of amides is 2. The number of likely N-dealkylation sites (tertiary alicyclic amines) is 1. The number of carbonyl (C=O) groups excluding carboxylic acids is 2. The number of aromatic nitrogens is 3. The Kier molecular flexibility index (Phi) is 7.37. The molecule has 3 fully saturated rings. The summed E-state index contributed by atoms with van der Waals surface area (Å²) in [5, 5.41) is 18.9. The minimum atomic E-state index is -1.18. The number of carbonyl (C=O) groups is 3. The van der Waals surface area contributed by atoms with Gasteiger partial charge in [-0.15, -0.1) is 5.10 Å². The van der Waals surface area contributed by atoms with E-state index in [0.717, 1.165) is 56.3 Å².